The molecule has 4 aromatic rings. The first-order valence-corrected chi connectivity index (χ1v) is 12.8. The first-order chi connectivity index (χ1) is 18.0. The number of fused-ring (bicyclic) bond motifs is 4. The third kappa shape index (κ3) is 3.69. The van der Waals surface area contributed by atoms with Crippen molar-refractivity contribution in [3.8, 4) is 0 Å². The van der Waals surface area contributed by atoms with Gasteiger partial charge in [-0.1, -0.05) is 61.0 Å². The molecule has 4 amide bonds. The SMILES string of the molecule is CCCNC(=O)c1ccccc1N1C(=O)[C@@H]2Cc3c([nH]c4ccccc34)C(c3cccc(Cl)c3)N2C1=O. The zero-order valence-electron chi connectivity index (χ0n) is 20.2. The number of halogens is 1. The first-order valence-electron chi connectivity index (χ1n) is 12.4. The molecule has 1 aromatic heterocycles. The summed E-state index contributed by atoms with van der Waals surface area (Å²) in [6.45, 7) is 2.47. The maximum atomic E-state index is 14.1. The van der Waals surface area contributed by atoms with E-state index in [2.05, 4.69) is 10.3 Å². The number of para-hydroxylation sites is 2. The molecule has 2 aliphatic heterocycles. The highest BCUT2D eigenvalue weighted by molar-refractivity contribution is 6.30. The molecule has 3 aromatic carbocycles. The molecule has 8 heteroatoms. The number of nitrogens with one attached hydrogen (secondary N) is 2. The van der Waals surface area contributed by atoms with Gasteiger partial charge in [0.15, 0.2) is 0 Å². The molecule has 0 bridgehead atoms. The molecule has 2 aliphatic rings. The van der Waals surface area contributed by atoms with E-state index in [4.69, 9.17) is 11.6 Å². The van der Waals surface area contributed by atoms with Crippen molar-refractivity contribution in [2.24, 2.45) is 0 Å². The van der Waals surface area contributed by atoms with E-state index in [1.54, 1.807) is 35.2 Å². The molecule has 2 N–H and O–H groups in total. The maximum Gasteiger partial charge on any atom is 0.332 e. The van der Waals surface area contributed by atoms with Gasteiger partial charge in [0, 0.05) is 34.6 Å². The first kappa shape index (κ1) is 23.3. The fraction of sp³-hybridized carbons (Fsp3) is 0.207. The Hall–Kier alpha value is -4.10. The monoisotopic (exact) mass is 512 g/mol. The average Bonchev–Trinajstić information content (AvgIpc) is 3.40. The van der Waals surface area contributed by atoms with Crippen LogP contribution >= 0.6 is 11.6 Å². The number of aromatic amines is 1. The van der Waals surface area contributed by atoms with E-state index in [0.29, 0.717) is 29.2 Å². The van der Waals surface area contributed by atoms with Gasteiger partial charge >= 0.3 is 6.03 Å². The molecule has 6 rings (SSSR count). The maximum absolute atomic E-state index is 14.1. The minimum absolute atomic E-state index is 0.291. The second-order valence-electron chi connectivity index (χ2n) is 9.38. The van der Waals surface area contributed by atoms with Crippen LogP contribution < -0.4 is 10.2 Å². The van der Waals surface area contributed by atoms with Crippen LogP contribution in [0.1, 0.15) is 46.6 Å². The Bertz CT molecular complexity index is 1560. The predicted octanol–water partition coefficient (Wildman–Crippen LogP) is 5.44. The van der Waals surface area contributed by atoms with E-state index >= 15 is 0 Å². The molecule has 0 saturated carbocycles. The summed E-state index contributed by atoms with van der Waals surface area (Å²) in [7, 11) is 0. The van der Waals surface area contributed by atoms with E-state index in [1.165, 1.54) is 0 Å². The molecule has 1 fully saturated rings. The normalized spacial score (nSPS) is 18.8. The molecule has 1 saturated heterocycles. The van der Waals surface area contributed by atoms with Crippen LogP contribution in [0.2, 0.25) is 5.02 Å². The number of carbonyl (C=O) groups excluding carboxylic acids is 3. The fourth-order valence-corrected chi connectivity index (χ4v) is 5.71. The van der Waals surface area contributed by atoms with E-state index in [1.807, 2.05) is 49.4 Å². The minimum Gasteiger partial charge on any atom is -0.356 e. The number of hydrogen-bond donors (Lipinski definition) is 2. The van der Waals surface area contributed by atoms with Gasteiger partial charge in [0.2, 0.25) is 0 Å². The fourth-order valence-electron chi connectivity index (χ4n) is 5.51. The van der Waals surface area contributed by atoms with Crippen molar-refractivity contribution in [3.05, 3.63) is 100 Å². The largest absolute Gasteiger partial charge is 0.356 e. The number of nitrogens with zero attached hydrogens (tertiary/aromatic N) is 2. The molecule has 1 unspecified atom stereocenters. The number of rotatable bonds is 5. The quantitative estimate of drug-likeness (QED) is 0.349. The summed E-state index contributed by atoms with van der Waals surface area (Å²) in [6, 6.07) is 20.4. The third-order valence-corrected chi connectivity index (χ3v) is 7.37. The highest BCUT2D eigenvalue weighted by Crippen LogP contribution is 2.45. The van der Waals surface area contributed by atoms with Gasteiger partial charge in [-0.15, -0.1) is 0 Å². The summed E-state index contributed by atoms with van der Waals surface area (Å²) in [5.41, 5.74) is 4.23. The van der Waals surface area contributed by atoms with Gasteiger partial charge in [-0.3, -0.25) is 14.5 Å². The van der Waals surface area contributed by atoms with Gasteiger partial charge in [0.05, 0.1) is 11.3 Å². The second-order valence-corrected chi connectivity index (χ2v) is 9.81. The van der Waals surface area contributed by atoms with Crippen LogP contribution in [-0.4, -0.2) is 40.3 Å². The van der Waals surface area contributed by atoms with Crippen molar-refractivity contribution < 1.29 is 14.4 Å². The summed E-state index contributed by atoms with van der Waals surface area (Å²) in [5, 5.41) is 4.43. The number of aromatic nitrogens is 1. The summed E-state index contributed by atoms with van der Waals surface area (Å²) >= 11 is 6.36. The Kier molecular flexibility index (Phi) is 5.72. The van der Waals surface area contributed by atoms with Gasteiger partial charge in [0.25, 0.3) is 11.8 Å². The number of benzene rings is 3. The van der Waals surface area contributed by atoms with Gasteiger partial charge in [-0.25, -0.2) is 9.69 Å². The van der Waals surface area contributed by atoms with Crippen LogP contribution in [-0.2, 0) is 11.2 Å². The van der Waals surface area contributed by atoms with Gasteiger partial charge < -0.3 is 10.3 Å². The molecular formula is C29H25ClN4O3. The summed E-state index contributed by atoms with van der Waals surface area (Å²) in [5.74, 6) is -0.658. The number of hydrogen-bond acceptors (Lipinski definition) is 3. The molecule has 37 heavy (non-hydrogen) atoms. The lowest BCUT2D eigenvalue weighted by Crippen LogP contribution is -2.44. The van der Waals surface area contributed by atoms with E-state index in [0.717, 1.165) is 39.0 Å². The topological polar surface area (TPSA) is 85.5 Å². The Morgan fingerprint density at radius 2 is 1.84 bits per heavy atom. The minimum atomic E-state index is -0.713. The van der Waals surface area contributed by atoms with Crippen LogP contribution in [0.15, 0.2) is 72.8 Å². The van der Waals surface area contributed by atoms with E-state index in [-0.39, 0.29) is 11.8 Å². The predicted molar refractivity (Wildman–Crippen MR) is 143 cm³/mol. The molecule has 2 atom stereocenters. The number of H-pyrrole nitrogens is 1. The van der Waals surface area contributed by atoms with Gasteiger partial charge in [-0.05, 0) is 47.9 Å². The molecule has 0 spiro atoms. The average molecular weight is 513 g/mol. The van der Waals surface area contributed by atoms with Gasteiger partial charge in [0.1, 0.15) is 12.1 Å². The molecule has 186 valence electrons. The second kappa shape index (κ2) is 9.09. The number of anilines is 1. The number of urea groups is 1. The zero-order valence-corrected chi connectivity index (χ0v) is 21.0. The summed E-state index contributed by atoms with van der Waals surface area (Å²) < 4.78 is 0. The summed E-state index contributed by atoms with van der Waals surface area (Å²) in [6.07, 6.45) is 1.15. The van der Waals surface area contributed by atoms with Crippen molar-refractivity contribution in [3.63, 3.8) is 0 Å². The summed E-state index contributed by atoms with van der Waals surface area (Å²) in [4.78, 5) is 47.3. The third-order valence-electron chi connectivity index (χ3n) is 7.14. The lowest BCUT2D eigenvalue weighted by atomic mass is 9.89. The molecule has 3 heterocycles. The Labute approximate surface area is 219 Å². The molecule has 0 aliphatic carbocycles. The Morgan fingerprint density at radius 1 is 1.05 bits per heavy atom. The Morgan fingerprint density at radius 3 is 2.65 bits per heavy atom. The standard InChI is InChI=1S/C29H25ClN4O3/c1-2-14-31-27(35)20-11-4-6-13-23(20)34-28(36)24-16-21-19-10-3-5-12-22(19)32-25(21)26(33(24)29(34)37)17-8-7-9-18(30)15-17/h3-13,15,24,26,32H,2,14,16H2,1H3,(H,31,35)/t24-,26?/m0/s1. The lowest BCUT2D eigenvalue weighted by molar-refractivity contribution is -0.120. The number of amides is 4. The van der Waals surface area contributed by atoms with E-state index in [9.17, 15) is 14.4 Å². The van der Waals surface area contributed by atoms with Crippen molar-refractivity contribution in [1.29, 1.82) is 0 Å². The van der Waals surface area contributed by atoms with Crippen molar-refractivity contribution in [1.82, 2.24) is 15.2 Å². The van der Waals surface area contributed by atoms with Crippen molar-refractivity contribution in [2.75, 3.05) is 11.4 Å². The van der Waals surface area contributed by atoms with Crippen LogP contribution in [0.4, 0.5) is 10.5 Å². The van der Waals surface area contributed by atoms with Crippen LogP contribution in [0.25, 0.3) is 10.9 Å². The zero-order chi connectivity index (χ0) is 25.7. The highest BCUT2D eigenvalue weighted by atomic mass is 35.5. The molecule has 0 radical (unpaired) electrons. The van der Waals surface area contributed by atoms with Crippen LogP contribution in [0.3, 0.4) is 0 Å². The van der Waals surface area contributed by atoms with Crippen LogP contribution in [0, 0.1) is 0 Å². The molecule has 7 nitrogen and oxygen atoms in total. The molecular weight excluding hydrogens is 488 g/mol. The van der Waals surface area contributed by atoms with Crippen molar-refractivity contribution in [2.45, 2.75) is 31.8 Å². The Balaban J connectivity index is 1.49. The number of imide groups is 1. The highest BCUT2D eigenvalue weighted by Gasteiger charge is 2.53. The lowest BCUT2D eigenvalue weighted by Gasteiger charge is -2.36. The van der Waals surface area contributed by atoms with Gasteiger partial charge in [-0.2, -0.15) is 0 Å². The smallest absolute Gasteiger partial charge is 0.332 e. The van der Waals surface area contributed by atoms with Crippen LogP contribution in [0.5, 0.6) is 0 Å². The van der Waals surface area contributed by atoms with E-state index < -0.39 is 18.1 Å². The van der Waals surface area contributed by atoms with Crippen molar-refractivity contribution >= 4 is 46.0 Å². The number of carbonyl (C=O) groups is 3.